The second kappa shape index (κ2) is 53.4. The molecule has 0 saturated carbocycles. The van der Waals surface area contributed by atoms with Crippen LogP contribution in [0.5, 0.6) is 0 Å². The minimum absolute atomic E-state index is 0.0923. The third kappa shape index (κ3) is 50.8. The molecule has 0 amide bonds. The summed E-state index contributed by atoms with van der Waals surface area (Å²) in [5, 5.41) is 0. The first kappa shape index (κ1) is 61.8. The van der Waals surface area contributed by atoms with Crippen molar-refractivity contribution < 1.29 is 28.6 Å². The first-order chi connectivity index (χ1) is 32.5. The van der Waals surface area contributed by atoms with Crippen molar-refractivity contribution in [1.29, 1.82) is 0 Å². The second-order valence-corrected chi connectivity index (χ2v) is 17.1. The van der Waals surface area contributed by atoms with Crippen molar-refractivity contribution in [3.8, 4) is 0 Å². The van der Waals surface area contributed by atoms with Crippen LogP contribution in [-0.2, 0) is 28.6 Å². The molecular formula is C60H96O6. The topological polar surface area (TPSA) is 78.9 Å². The molecule has 0 N–H and O–H groups in total. The highest BCUT2D eigenvalue weighted by molar-refractivity contribution is 5.71. The maximum Gasteiger partial charge on any atom is 0.306 e. The van der Waals surface area contributed by atoms with Crippen LogP contribution in [-0.4, -0.2) is 37.2 Å². The molecule has 0 radical (unpaired) electrons. The predicted octanol–water partition coefficient (Wildman–Crippen LogP) is 17.7. The minimum atomic E-state index is -0.790. The Kier molecular flexibility index (Phi) is 50.0. The fraction of sp³-hybridized carbons (Fsp3) is 0.617. The van der Waals surface area contributed by atoms with E-state index >= 15 is 0 Å². The van der Waals surface area contributed by atoms with E-state index in [-0.39, 0.29) is 31.1 Å². The maximum absolute atomic E-state index is 12.6. The van der Waals surface area contributed by atoms with Crippen molar-refractivity contribution >= 4 is 17.9 Å². The lowest BCUT2D eigenvalue weighted by Crippen LogP contribution is -2.30. The molecule has 6 nitrogen and oxygen atoms in total. The van der Waals surface area contributed by atoms with Crippen LogP contribution in [0.25, 0.3) is 0 Å². The van der Waals surface area contributed by atoms with Gasteiger partial charge in [-0.25, -0.2) is 0 Å². The van der Waals surface area contributed by atoms with Crippen LogP contribution >= 0.6 is 0 Å². The molecular weight excluding hydrogens is 817 g/mol. The van der Waals surface area contributed by atoms with E-state index < -0.39 is 6.10 Å². The zero-order valence-corrected chi connectivity index (χ0v) is 42.4. The van der Waals surface area contributed by atoms with E-state index in [9.17, 15) is 14.4 Å². The first-order valence-electron chi connectivity index (χ1n) is 26.5. The average Bonchev–Trinajstić information content (AvgIpc) is 3.31. The molecule has 6 heteroatoms. The molecule has 0 aliphatic heterocycles. The van der Waals surface area contributed by atoms with E-state index in [1.807, 2.05) is 0 Å². The highest BCUT2D eigenvalue weighted by Gasteiger charge is 2.19. The Morgan fingerprint density at radius 3 is 0.924 bits per heavy atom. The van der Waals surface area contributed by atoms with Gasteiger partial charge in [-0.1, -0.05) is 226 Å². The number of allylic oxidation sites excluding steroid dienone is 20. The molecule has 0 fully saturated rings. The molecule has 1 atom stereocenters. The van der Waals surface area contributed by atoms with Crippen LogP contribution in [0.2, 0.25) is 0 Å². The van der Waals surface area contributed by atoms with E-state index in [4.69, 9.17) is 14.2 Å². The van der Waals surface area contributed by atoms with E-state index in [2.05, 4.69) is 142 Å². The van der Waals surface area contributed by atoms with Gasteiger partial charge >= 0.3 is 17.9 Å². The minimum Gasteiger partial charge on any atom is -0.462 e. The lowest BCUT2D eigenvalue weighted by molar-refractivity contribution is -0.167. The Morgan fingerprint density at radius 2 is 0.591 bits per heavy atom. The molecule has 0 rings (SSSR count). The molecule has 0 spiro atoms. The van der Waals surface area contributed by atoms with E-state index in [0.29, 0.717) is 19.3 Å². The number of ether oxygens (including phenoxy) is 3. The summed E-state index contributed by atoms with van der Waals surface area (Å²) in [6.45, 7) is 6.39. The van der Waals surface area contributed by atoms with Crippen LogP contribution in [0.3, 0.4) is 0 Å². The quantitative estimate of drug-likeness (QED) is 0.0262. The zero-order chi connectivity index (χ0) is 47.9. The molecule has 0 aromatic heterocycles. The van der Waals surface area contributed by atoms with E-state index in [1.54, 1.807) is 0 Å². The van der Waals surface area contributed by atoms with Crippen LogP contribution in [0.15, 0.2) is 122 Å². The molecule has 0 aliphatic rings. The fourth-order valence-electron chi connectivity index (χ4n) is 6.76. The van der Waals surface area contributed by atoms with Gasteiger partial charge in [0, 0.05) is 19.3 Å². The van der Waals surface area contributed by atoms with Crippen molar-refractivity contribution in [2.75, 3.05) is 13.2 Å². The number of rotatable bonds is 46. The standard InChI is InChI=1S/C60H96O6/c1-4-7-10-13-16-18-19-20-21-22-23-24-25-26-27-28-29-30-31-32-33-34-35-36-37-38-39-40-41-42-45-47-50-53-59(62)65-56-57(55-64-58(61)52-49-46-43-15-12-9-6-3)66-60(63)54-51-48-44-17-14-11-8-5-2/h7,10,16,18,20-21,23-24,26-27,29-30,32-33,35-36,38-39,41-42,57H,4-6,8-9,11-15,17,19,22,25,28,31,34,37,40,43-56H2,1-3H3/b10-7-,18-16-,21-20-,24-23-,27-26-,30-29-,33-32-,36-35-,39-38-,42-41-. The SMILES string of the molecule is CC/C=C\C/C=C\C/C=C\C/C=C\C/C=C\C/C=C\C/C=C\C/C=C\C/C=C\C/C=C\CCCCC(=O)OCC(COC(=O)CCCCCCCCC)OC(=O)CCCCCCCCCC. The number of unbranched alkanes of at least 4 members (excludes halogenated alkanes) is 15. The van der Waals surface area contributed by atoms with Crippen molar-refractivity contribution in [1.82, 2.24) is 0 Å². The predicted molar refractivity (Wildman–Crippen MR) is 283 cm³/mol. The van der Waals surface area contributed by atoms with Crippen LogP contribution in [0, 0.1) is 0 Å². The summed E-state index contributed by atoms with van der Waals surface area (Å²) in [5.74, 6) is -0.958. The second-order valence-electron chi connectivity index (χ2n) is 17.1. The molecule has 1 unspecified atom stereocenters. The van der Waals surface area contributed by atoms with Gasteiger partial charge in [0.25, 0.3) is 0 Å². The third-order valence-electron chi connectivity index (χ3n) is 10.7. The Morgan fingerprint density at radius 1 is 0.318 bits per heavy atom. The molecule has 0 saturated heterocycles. The monoisotopic (exact) mass is 913 g/mol. The third-order valence-corrected chi connectivity index (χ3v) is 10.7. The summed E-state index contributed by atoms with van der Waals surface area (Å²) in [6, 6.07) is 0. The summed E-state index contributed by atoms with van der Waals surface area (Å²) < 4.78 is 16.6. The van der Waals surface area contributed by atoms with Gasteiger partial charge in [0.2, 0.25) is 0 Å². The summed E-state index contributed by atoms with van der Waals surface area (Å²) in [6.07, 6.45) is 73.7. The van der Waals surface area contributed by atoms with Gasteiger partial charge in [-0.15, -0.1) is 0 Å². The van der Waals surface area contributed by atoms with Crippen molar-refractivity contribution in [2.24, 2.45) is 0 Å². The molecule has 0 aromatic carbocycles. The number of esters is 3. The summed E-state index contributed by atoms with van der Waals surface area (Å²) in [5.41, 5.74) is 0. The van der Waals surface area contributed by atoms with Gasteiger partial charge in [0.05, 0.1) is 0 Å². The normalized spacial score (nSPS) is 13.1. The smallest absolute Gasteiger partial charge is 0.306 e. The van der Waals surface area contributed by atoms with E-state index in [0.717, 1.165) is 122 Å². The molecule has 66 heavy (non-hydrogen) atoms. The Bertz CT molecular complexity index is 1420. The Balaban J connectivity index is 4.17. The molecule has 0 aliphatic carbocycles. The lowest BCUT2D eigenvalue weighted by atomic mass is 10.1. The van der Waals surface area contributed by atoms with Gasteiger partial charge in [-0.2, -0.15) is 0 Å². The summed E-state index contributed by atoms with van der Waals surface area (Å²) in [4.78, 5) is 37.6. The van der Waals surface area contributed by atoms with Crippen LogP contribution in [0.1, 0.15) is 220 Å². The number of carbonyl (C=O) groups excluding carboxylic acids is 3. The van der Waals surface area contributed by atoms with Gasteiger partial charge in [-0.3, -0.25) is 14.4 Å². The molecule has 0 aromatic rings. The zero-order valence-electron chi connectivity index (χ0n) is 42.4. The van der Waals surface area contributed by atoms with Crippen molar-refractivity contribution in [3.63, 3.8) is 0 Å². The lowest BCUT2D eigenvalue weighted by Gasteiger charge is -2.18. The fourth-order valence-corrected chi connectivity index (χ4v) is 6.76. The largest absolute Gasteiger partial charge is 0.462 e. The Hall–Kier alpha value is -4.19. The summed E-state index contributed by atoms with van der Waals surface area (Å²) >= 11 is 0. The van der Waals surface area contributed by atoms with Crippen LogP contribution in [0.4, 0.5) is 0 Å². The molecule has 0 bridgehead atoms. The number of carbonyl (C=O) groups is 3. The molecule has 0 heterocycles. The maximum atomic E-state index is 12.6. The van der Waals surface area contributed by atoms with Gasteiger partial charge in [-0.05, 0) is 96.3 Å². The first-order valence-corrected chi connectivity index (χ1v) is 26.5. The molecule has 372 valence electrons. The van der Waals surface area contributed by atoms with Crippen LogP contribution < -0.4 is 0 Å². The van der Waals surface area contributed by atoms with Crippen molar-refractivity contribution in [2.45, 2.75) is 226 Å². The highest BCUT2D eigenvalue weighted by Crippen LogP contribution is 2.13. The summed E-state index contributed by atoms with van der Waals surface area (Å²) in [7, 11) is 0. The van der Waals surface area contributed by atoms with E-state index in [1.165, 1.54) is 57.8 Å². The highest BCUT2D eigenvalue weighted by atomic mass is 16.6. The van der Waals surface area contributed by atoms with Gasteiger partial charge in [0.1, 0.15) is 13.2 Å². The number of hydrogen-bond donors (Lipinski definition) is 0. The van der Waals surface area contributed by atoms with Gasteiger partial charge in [0.15, 0.2) is 6.10 Å². The number of hydrogen-bond acceptors (Lipinski definition) is 6. The van der Waals surface area contributed by atoms with Crippen molar-refractivity contribution in [3.05, 3.63) is 122 Å². The Labute approximate surface area is 405 Å². The average molecular weight is 913 g/mol. The van der Waals surface area contributed by atoms with Gasteiger partial charge < -0.3 is 14.2 Å².